The van der Waals surface area contributed by atoms with E-state index in [9.17, 15) is 18.0 Å². The summed E-state index contributed by atoms with van der Waals surface area (Å²) < 4.78 is 26.1. The molecular formula is C14H23N3O4S. The van der Waals surface area contributed by atoms with E-state index in [1.165, 1.54) is 0 Å². The van der Waals surface area contributed by atoms with E-state index in [1.54, 1.807) is 0 Å². The van der Waals surface area contributed by atoms with Gasteiger partial charge in [-0.25, -0.2) is 8.42 Å². The normalized spacial score (nSPS) is 34.2. The van der Waals surface area contributed by atoms with Gasteiger partial charge in [-0.1, -0.05) is 13.3 Å². The van der Waals surface area contributed by atoms with Crippen LogP contribution in [0.4, 0.5) is 0 Å². The van der Waals surface area contributed by atoms with Crippen molar-refractivity contribution in [2.45, 2.75) is 62.3 Å². The zero-order chi connectivity index (χ0) is 16.0. The van der Waals surface area contributed by atoms with Crippen molar-refractivity contribution in [3.63, 3.8) is 0 Å². The number of rotatable bonds is 6. The average Bonchev–Trinajstić information content (AvgIpc) is 3.36. The van der Waals surface area contributed by atoms with Gasteiger partial charge in [0.05, 0.1) is 11.3 Å². The van der Waals surface area contributed by atoms with Crippen molar-refractivity contribution >= 4 is 21.8 Å². The van der Waals surface area contributed by atoms with Crippen LogP contribution >= 0.6 is 0 Å². The van der Waals surface area contributed by atoms with Gasteiger partial charge in [-0.05, 0) is 44.6 Å². The van der Waals surface area contributed by atoms with E-state index in [2.05, 4.69) is 15.4 Å². The maximum Gasteiger partial charge on any atom is 0.259 e. The molecule has 0 aromatic rings. The second kappa shape index (κ2) is 5.49. The lowest BCUT2D eigenvalue weighted by Gasteiger charge is -2.21. The van der Waals surface area contributed by atoms with Gasteiger partial charge >= 0.3 is 0 Å². The van der Waals surface area contributed by atoms with E-state index < -0.39 is 26.7 Å². The second-order valence-electron chi connectivity index (χ2n) is 6.59. The lowest BCUT2D eigenvalue weighted by molar-refractivity contribution is -0.130. The highest BCUT2D eigenvalue weighted by atomic mass is 32.2. The molecule has 2 aliphatic carbocycles. The monoisotopic (exact) mass is 329 g/mol. The molecule has 0 aromatic heterocycles. The minimum atomic E-state index is -3.58. The van der Waals surface area contributed by atoms with E-state index in [0.29, 0.717) is 19.3 Å². The fraction of sp³-hybridized carbons (Fsp3) is 0.857. The summed E-state index contributed by atoms with van der Waals surface area (Å²) in [6.45, 7) is 2.74. The van der Waals surface area contributed by atoms with Crippen molar-refractivity contribution < 1.29 is 18.0 Å². The van der Waals surface area contributed by atoms with E-state index in [1.807, 2.05) is 6.92 Å². The first-order valence-electron chi connectivity index (χ1n) is 8.00. The molecule has 7 nitrogen and oxygen atoms in total. The van der Waals surface area contributed by atoms with Crippen LogP contribution in [0.5, 0.6) is 0 Å². The Morgan fingerprint density at radius 2 is 2.00 bits per heavy atom. The standard InChI is InChI=1S/C14H23N3O4S/c1-2-9-8-14(9,16-12(18)11-4-3-7-15-11)13(19)17-22(20,21)10-5-6-10/h9-11,15H,2-8H2,1H3,(H,16,18)(H,17,19). The number of amides is 2. The van der Waals surface area contributed by atoms with Gasteiger partial charge in [0.2, 0.25) is 15.9 Å². The molecule has 2 amide bonds. The predicted molar refractivity (Wildman–Crippen MR) is 80.4 cm³/mol. The van der Waals surface area contributed by atoms with Crippen molar-refractivity contribution in [1.82, 2.24) is 15.4 Å². The van der Waals surface area contributed by atoms with Crippen molar-refractivity contribution in [1.29, 1.82) is 0 Å². The van der Waals surface area contributed by atoms with E-state index in [4.69, 9.17) is 0 Å². The molecule has 22 heavy (non-hydrogen) atoms. The van der Waals surface area contributed by atoms with E-state index >= 15 is 0 Å². The first kappa shape index (κ1) is 15.7. The van der Waals surface area contributed by atoms with Gasteiger partial charge < -0.3 is 10.6 Å². The average molecular weight is 329 g/mol. The Kier molecular flexibility index (Phi) is 3.92. The summed E-state index contributed by atoms with van der Waals surface area (Å²) in [4.78, 5) is 24.7. The summed E-state index contributed by atoms with van der Waals surface area (Å²) in [5, 5.41) is 5.46. The van der Waals surface area contributed by atoms with Crippen LogP contribution in [0, 0.1) is 5.92 Å². The number of hydrogen-bond acceptors (Lipinski definition) is 5. The summed E-state index contributed by atoms with van der Waals surface area (Å²) in [7, 11) is -3.58. The van der Waals surface area contributed by atoms with Crippen LogP contribution in [0.2, 0.25) is 0 Å². The van der Waals surface area contributed by atoms with Gasteiger partial charge in [0.15, 0.2) is 0 Å². The first-order chi connectivity index (χ1) is 10.4. The highest BCUT2D eigenvalue weighted by molar-refractivity contribution is 7.90. The molecule has 3 fully saturated rings. The Morgan fingerprint density at radius 1 is 1.27 bits per heavy atom. The SMILES string of the molecule is CCC1CC1(NC(=O)C1CCCN1)C(=O)NS(=O)(=O)C1CC1. The van der Waals surface area contributed by atoms with Crippen LogP contribution in [-0.4, -0.2) is 43.6 Å². The van der Waals surface area contributed by atoms with Crippen molar-refractivity contribution in [3.8, 4) is 0 Å². The van der Waals surface area contributed by atoms with Gasteiger partial charge in [0.1, 0.15) is 5.54 Å². The molecule has 3 atom stereocenters. The smallest absolute Gasteiger partial charge is 0.259 e. The molecule has 124 valence electrons. The highest BCUT2D eigenvalue weighted by Gasteiger charge is 2.61. The molecular weight excluding hydrogens is 306 g/mol. The number of carbonyl (C=O) groups excluding carboxylic acids is 2. The Hall–Kier alpha value is -1.15. The molecule has 3 N–H and O–H groups in total. The fourth-order valence-electron chi connectivity index (χ4n) is 3.21. The molecule has 2 saturated carbocycles. The Morgan fingerprint density at radius 3 is 2.50 bits per heavy atom. The molecule has 0 aromatic carbocycles. The second-order valence-corrected chi connectivity index (χ2v) is 8.56. The van der Waals surface area contributed by atoms with Gasteiger partial charge in [0.25, 0.3) is 5.91 Å². The summed E-state index contributed by atoms with van der Waals surface area (Å²) >= 11 is 0. The minimum Gasteiger partial charge on any atom is -0.340 e. The quantitative estimate of drug-likeness (QED) is 0.617. The van der Waals surface area contributed by atoms with Crippen LogP contribution in [-0.2, 0) is 19.6 Å². The summed E-state index contributed by atoms with van der Waals surface area (Å²) in [5.41, 5.74) is -1.04. The minimum absolute atomic E-state index is 0.00672. The maximum absolute atomic E-state index is 12.5. The number of sulfonamides is 1. The third kappa shape index (κ3) is 2.86. The van der Waals surface area contributed by atoms with Crippen LogP contribution in [0.3, 0.4) is 0 Å². The van der Waals surface area contributed by atoms with E-state index in [0.717, 1.165) is 25.8 Å². The molecule has 1 aliphatic heterocycles. The molecule has 0 spiro atoms. The summed E-state index contributed by atoms with van der Waals surface area (Å²) in [6.07, 6.45) is 4.13. The van der Waals surface area contributed by atoms with Gasteiger partial charge in [0, 0.05) is 0 Å². The lowest BCUT2D eigenvalue weighted by Crippen LogP contribution is -2.55. The zero-order valence-corrected chi connectivity index (χ0v) is 13.5. The van der Waals surface area contributed by atoms with Gasteiger partial charge in [-0.15, -0.1) is 0 Å². The lowest BCUT2D eigenvalue weighted by atomic mass is 10.1. The molecule has 0 bridgehead atoms. The number of carbonyl (C=O) groups is 2. The molecule has 0 radical (unpaired) electrons. The molecule has 3 rings (SSSR count). The van der Waals surface area contributed by atoms with Crippen LogP contribution in [0.1, 0.15) is 45.4 Å². The predicted octanol–water partition coefficient (Wildman–Crippen LogP) is -0.368. The Balaban J connectivity index is 1.68. The first-order valence-corrected chi connectivity index (χ1v) is 9.55. The molecule has 3 aliphatic rings. The molecule has 8 heteroatoms. The summed E-state index contributed by atoms with van der Waals surface area (Å²) in [6, 6.07) is -0.275. The summed E-state index contributed by atoms with van der Waals surface area (Å²) in [5.74, 6) is -0.766. The number of nitrogens with one attached hydrogen (secondary N) is 3. The topological polar surface area (TPSA) is 104 Å². The molecule has 1 saturated heterocycles. The fourth-order valence-corrected chi connectivity index (χ4v) is 4.57. The molecule has 1 heterocycles. The van der Waals surface area contributed by atoms with Crippen LogP contribution in [0.15, 0.2) is 0 Å². The van der Waals surface area contributed by atoms with Gasteiger partial charge in [-0.2, -0.15) is 0 Å². The third-order valence-electron chi connectivity index (χ3n) is 4.92. The van der Waals surface area contributed by atoms with Crippen molar-refractivity contribution in [2.24, 2.45) is 5.92 Å². The Labute approximate surface area is 130 Å². The van der Waals surface area contributed by atoms with Crippen LogP contribution in [0.25, 0.3) is 0 Å². The van der Waals surface area contributed by atoms with Crippen LogP contribution < -0.4 is 15.4 Å². The highest BCUT2D eigenvalue weighted by Crippen LogP contribution is 2.46. The maximum atomic E-state index is 12.5. The van der Waals surface area contributed by atoms with E-state index in [-0.39, 0.29) is 17.9 Å². The van der Waals surface area contributed by atoms with Crippen molar-refractivity contribution in [2.75, 3.05) is 6.54 Å². The number of hydrogen-bond donors (Lipinski definition) is 3. The van der Waals surface area contributed by atoms with Crippen molar-refractivity contribution in [3.05, 3.63) is 0 Å². The largest absolute Gasteiger partial charge is 0.340 e. The Bertz CT molecular complexity index is 581. The molecule has 3 unspecified atom stereocenters. The van der Waals surface area contributed by atoms with Gasteiger partial charge in [-0.3, -0.25) is 14.3 Å². The third-order valence-corrected chi connectivity index (χ3v) is 6.74. The zero-order valence-electron chi connectivity index (χ0n) is 12.7.